The van der Waals surface area contributed by atoms with Crippen LogP contribution in [0.3, 0.4) is 0 Å². The predicted molar refractivity (Wildman–Crippen MR) is 128 cm³/mol. The molecule has 0 bridgehead atoms. The molecule has 7 nitrogen and oxygen atoms in total. The number of unbranched alkanes of at least 4 members (excludes halogenated alkanes) is 1. The van der Waals surface area contributed by atoms with Crippen LogP contribution in [0.1, 0.15) is 53.6 Å². The molecule has 2 aromatic rings. The number of hydrogen-bond donors (Lipinski definition) is 2. The fourth-order valence-corrected chi connectivity index (χ4v) is 4.08. The molecule has 0 saturated carbocycles. The number of carbonyl (C=O) groups excluding carboxylic acids is 2. The van der Waals surface area contributed by atoms with Gasteiger partial charge in [-0.15, -0.1) is 0 Å². The van der Waals surface area contributed by atoms with Crippen molar-refractivity contribution >= 4 is 17.9 Å². The van der Waals surface area contributed by atoms with Crippen molar-refractivity contribution in [2.24, 2.45) is 5.92 Å². The number of nitrogens with one attached hydrogen (secondary N) is 1. The lowest BCUT2D eigenvalue weighted by Crippen LogP contribution is -2.38. The Kier molecular flexibility index (Phi) is 9.44. The van der Waals surface area contributed by atoms with E-state index in [9.17, 15) is 14.7 Å². The lowest BCUT2D eigenvalue weighted by molar-refractivity contribution is -0.116. The standard InChI is InChI=1S/C26H33N3O4/c1-33-24-17-22(19-30)7-9-23(24)26(32)29-15-11-20(12-16-29)5-2-3-14-28-25(31)10-8-21-6-4-13-27-18-21/h4,6-10,13,17-18,20,30H,2-3,5,11-12,14-16,19H2,1H3,(H,28,31)/b10-8+. The first-order chi connectivity index (χ1) is 16.1. The van der Waals surface area contributed by atoms with Gasteiger partial charge in [0.05, 0.1) is 19.3 Å². The number of nitrogens with zero attached hydrogens (tertiary/aromatic N) is 2. The van der Waals surface area contributed by atoms with Gasteiger partial charge in [-0.3, -0.25) is 14.6 Å². The Bertz CT molecular complexity index is 938. The Hall–Kier alpha value is -3.19. The average molecular weight is 452 g/mol. The lowest BCUT2D eigenvalue weighted by Gasteiger charge is -2.32. The highest BCUT2D eigenvalue weighted by Crippen LogP contribution is 2.27. The zero-order valence-electron chi connectivity index (χ0n) is 19.2. The minimum absolute atomic E-state index is 0.0168. The predicted octanol–water partition coefficient (Wildman–Crippen LogP) is 3.43. The zero-order valence-corrected chi connectivity index (χ0v) is 19.2. The minimum Gasteiger partial charge on any atom is -0.496 e. The Labute approximate surface area is 195 Å². The van der Waals surface area contributed by atoms with E-state index in [1.54, 1.807) is 43.8 Å². The summed E-state index contributed by atoms with van der Waals surface area (Å²) in [5.41, 5.74) is 2.17. The van der Waals surface area contributed by atoms with Gasteiger partial charge in [0.15, 0.2) is 0 Å². The second-order valence-electron chi connectivity index (χ2n) is 8.33. The molecule has 1 aliphatic rings. The molecule has 1 saturated heterocycles. The van der Waals surface area contributed by atoms with E-state index in [1.165, 1.54) is 6.08 Å². The van der Waals surface area contributed by atoms with Crippen molar-refractivity contribution in [2.45, 2.75) is 38.7 Å². The number of methoxy groups -OCH3 is 1. The Morgan fingerprint density at radius 2 is 2.06 bits per heavy atom. The van der Waals surface area contributed by atoms with Crippen molar-refractivity contribution in [3.8, 4) is 5.75 Å². The van der Waals surface area contributed by atoms with Crippen molar-refractivity contribution in [2.75, 3.05) is 26.7 Å². The number of ether oxygens (including phenoxy) is 1. The van der Waals surface area contributed by atoms with E-state index in [2.05, 4.69) is 10.3 Å². The Morgan fingerprint density at radius 3 is 2.76 bits per heavy atom. The molecule has 2 N–H and O–H groups in total. The number of pyridine rings is 1. The van der Waals surface area contributed by atoms with Gasteiger partial charge in [0.1, 0.15) is 5.75 Å². The molecule has 33 heavy (non-hydrogen) atoms. The number of aliphatic hydroxyl groups excluding tert-OH is 1. The van der Waals surface area contributed by atoms with Crippen molar-refractivity contribution in [3.05, 3.63) is 65.5 Å². The van der Waals surface area contributed by atoms with E-state index in [1.807, 2.05) is 17.0 Å². The summed E-state index contributed by atoms with van der Waals surface area (Å²) in [4.78, 5) is 30.7. The summed E-state index contributed by atoms with van der Waals surface area (Å²) >= 11 is 0. The maximum Gasteiger partial charge on any atom is 0.257 e. The van der Waals surface area contributed by atoms with Gasteiger partial charge in [0.2, 0.25) is 5.91 Å². The fourth-order valence-electron chi connectivity index (χ4n) is 4.08. The molecule has 0 unspecified atom stereocenters. The highest BCUT2D eigenvalue weighted by Gasteiger charge is 2.25. The number of piperidine rings is 1. The molecule has 1 aromatic carbocycles. The van der Waals surface area contributed by atoms with Crippen molar-refractivity contribution in [3.63, 3.8) is 0 Å². The molecule has 0 spiro atoms. The summed E-state index contributed by atoms with van der Waals surface area (Å²) in [6.45, 7) is 2.06. The van der Waals surface area contributed by atoms with Crippen LogP contribution in [0.4, 0.5) is 0 Å². The van der Waals surface area contributed by atoms with Gasteiger partial charge in [-0.25, -0.2) is 0 Å². The number of aliphatic hydroxyl groups is 1. The number of carbonyl (C=O) groups is 2. The topological polar surface area (TPSA) is 91.8 Å². The van der Waals surface area contributed by atoms with Crippen LogP contribution >= 0.6 is 0 Å². The molecule has 2 heterocycles. The molecule has 2 amide bonds. The Balaban J connectivity index is 1.33. The number of hydrogen-bond acceptors (Lipinski definition) is 5. The van der Waals surface area contributed by atoms with Crippen molar-refractivity contribution in [1.29, 1.82) is 0 Å². The van der Waals surface area contributed by atoms with Crippen molar-refractivity contribution < 1.29 is 19.4 Å². The normalized spacial score (nSPS) is 14.4. The summed E-state index contributed by atoms with van der Waals surface area (Å²) in [7, 11) is 1.54. The van der Waals surface area contributed by atoms with E-state index >= 15 is 0 Å². The monoisotopic (exact) mass is 451 g/mol. The van der Waals surface area contributed by atoms with Crippen LogP contribution in [-0.2, 0) is 11.4 Å². The van der Waals surface area contributed by atoms with E-state index in [0.29, 0.717) is 23.8 Å². The molecule has 1 fully saturated rings. The summed E-state index contributed by atoms with van der Waals surface area (Å²) in [6, 6.07) is 8.95. The molecule has 0 atom stereocenters. The summed E-state index contributed by atoms with van der Waals surface area (Å²) in [6.07, 6.45) is 11.8. The van der Waals surface area contributed by atoms with E-state index in [4.69, 9.17) is 4.74 Å². The van der Waals surface area contributed by atoms with Crippen LogP contribution in [0.2, 0.25) is 0 Å². The molecule has 1 aliphatic heterocycles. The van der Waals surface area contributed by atoms with Gasteiger partial charge < -0.3 is 20.1 Å². The fraction of sp³-hybridized carbons (Fsp3) is 0.423. The van der Waals surface area contributed by atoms with Gasteiger partial charge in [-0.05, 0) is 60.6 Å². The number of rotatable bonds is 10. The summed E-state index contributed by atoms with van der Waals surface area (Å²) in [5, 5.41) is 12.2. The maximum atomic E-state index is 12.9. The van der Waals surface area contributed by atoms with Crippen molar-refractivity contribution in [1.82, 2.24) is 15.2 Å². The third kappa shape index (κ3) is 7.43. The largest absolute Gasteiger partial charge is 0.496 e. The van der Waals surface area contributed by atoms with E-state index in [0.717, 1.165) is 56.3 Å². The smallest absolute Gasteiger partial charge is 0.257 e. The number of aromatic nitrogens is 1. The summed E-state index contributed by atoms with van der Waals surface area (Å²) < 4.78 is 5.36. The van der Waals surface area contributed by atoms with Crippen LogP contribution < -0.4 is 10.1 Å². The molecule has 3 rings (SSSR count). The van der Waals surface area contributed by atoms with Gasteiger partial charge >= 0.3 is 0 Å². The first-order valence-corrected chi connectivity index (χ1v) is 11.5. The van der Waals surface area contributed by atoms with Gasteiger partial charge in [-0.2, -0.15) is 0 Å². The third-order valence-electron chi connectivity index (χ3n) is 6.03. The summed E-state index contributed by atoms with van der Waals surface area (Å²) in [5.74, 6) is 1.00. The molecule has 0 aliphatic carbocycles. The van der Waals surface area contributed by atoms with E-state index in [-0.39, 0.29) is 18.4 Å². The Morgan fingerprint density at radius 1 is 1.24 bits per heavy atom. The molecular weight excluding hydrogens is 418 g/mol. The van der Waals surface area contributed by atoms with E-state index < -0.39 is 0 Å². The minimum atomic E-state index is -0.0897. The third-order valence-corrected chi connectivity index (χ3v) is 6.03. The van der Waals surface area contributed by atoms with Gasteiger partial charge in [0, 0.05) is 38.1 Å². The second kappa shape index (κ2) is 12.7. The second-order valence-corrected chi connectivity index (χ2v) is 8.33. The number of amides is 2. The van der Waals surface area contributed by atoms with Crippen LogP contribution in [0.5, 0.6) is 5.75 Å². The number of likely N-dealkylation sites (tertiary alicyclic amines) is 1. The molecule has 176 valence electrons. The van der Waals surface area contributed by atoms with Crippen LogP contribution in [-0.4, -0.2) is 53.5 Å². The maximum absolute atomic E-state index is 12.9. The highest BCUT2D eigenvalue weighted by molar-refractivity contribution is 5.97. The molecular formula is C26H33N3O4. The van der Waals surface area contributed by atoms with Gasteiger partial charge in [-0.1, -0.05) is 25.0 Å². The first-order valence-electron chi connectivity index (χ1n) is 11.5. The number of benzene rings is 1. The first kappa shape index (κ1) is 24.5. The van der Waals surface area contributed by atoms with Crippen LogP contribution in [0.25, 0.3) is 6.08 Å². The molecule has 0 radical (unpaired) electrons. The highest BCUT2D eigenvalue weighted by atomic mass is 16.5. The van der Waals surface area contributed by atoms with Crippen LogP contribution in [0.15, 0.2) is 48.8 Å². The zero-order chi connectivity index (χ0) is 23.5. The SMILES string of the molecule is COc1cc(CO)ccc1C(=O)N1CCC(CCCCNC(=O)/C=C/c2cccnc2)CC1. The molecule has 1 aromatic heterocycles. The lowest BCUT2D eigenvalue weighted by atomic mass is 9.91. The van der Waals surface area contributed by atoms with Crippen LogP contribution in [0, 0.1) is 5.92 Å². The van der Waals surface area contributed by atoms with Gasteiger partial charge in [0.25, 0.3) is 5.91 Å². The average Bonchev–Trinajstić information content (AvgIpc) is 2.87. The molecule has 7 heteroatoms. The quantitative estimate of drug-likeness (QED) is 0.427.